The van der Waals surface area contributed by atoms with E-state index in [9.17, 15) is 19.5 Å². The molecule has 1 aromatic rings. The third-order valence-electron chi connectivity index (χ3n) is 3.65. The fourth-order valence-corrected chi connectivity index (χ4v) is 2.45. The topological polar surface area (TPSA) is 125 Å². The minimum absolute atomic E-state index is 0.00363. The largest absolute Gasteiger partial charge is 0.496 e. The Hall–Kier alpha value is -3.07. The molecular formula is C16H18N2O7. The summed E-state index contributed by atoms with van der Waals surface area (Å²) < 4.78 is 9.66. The van der Waals surface area contributed by atoms with Gasteiger partial charge < -0.3 is 29.9 Å². The van der Waals surface area contributed by atoms with Gasteiger partial charge in [0.15, 0.2) is 0 Å². The molecular weight excluding hydrogens is 332 g/mol. The van der Waals surface area contributed by atoms with E-state index in [1.165, 1.54) is 37.3 Å². The van der Waals surface area contributed by atoms with Crippen molar-refractivity contribution in [1.82, 2.24) is 4.90 Å². The lowest BCUT2D eigenvalue weighted by Crippen LogP contribution is -2.31. The molecule has 2 rings (SSSR count). The number of methoxy groups -OCH3 is 2. The van der Waals surface area contributed by atoms with Crippen molar-refractivity contribution in [3.8, 4) is 5.75 Å². The molecule has 0 aliphatic carbocycles. The summed E-state index contributed by atoms with van der Waals surface area (Å²) in [5.41, 5.74) is 0.301. The van der Waals surface area contributed by atoms with Crippen molar-refractivity contribution in [1.29, 1.82) is 0 Å². The van der Waals surface area contributed by atoms with Gasteiger partial charge in [0.2, 0.25) is 0 Å². The normalized spacial score (nSPS) is 13.9. The van der Waals surface area contributed by atoms with Crippen molar-refractivity contribution in [3.05, 3.63) is 35.0 Å². The molecule has 0 bridgehead atoms. The van der Waals surface area contributed by atoms with E-state index < -0.39 is 17.8 Å². The Labute approximate surface area is 143 Å². The SMILES string of the molecule is COC(=O)C1=C(Nc2ccc(OC)c(C(=O)O)c2)C(=O)N(CCO)C1. The van der Waals surface area contributed by atoms with Crippen LogP contribution < -0.4 is 10.1 Å². The maximum absolute atomic E-state index is 12.4. The molecule has 1 amide bonds. The number of carbonyl (C=O) groups excluding carboxylic acids is 2. The van der Waals surface area contributed by atoms with Crippen LogP contribution in [0.5, 0.6) is 5.75 Å². The zero-order chi connectivity index (χ0) is 18.6. The predicted molar refractivity (Wildman–Crippen MR) is 86.3 cm³/mol. The second-order valence-corrected chi connectivity index (χ2v) is 5.14. The van der Waals surface area contributed by atoms with E-state index in [-0.39, 0.29) is 42.3 Å². The number of hydrogen-bond donors (Lipinski definition) is 3. The van der Waals surface area contributed by atoms with Crippen LogP contribution in [0.25, 0.3) is 0 Å². The Balaban J connectivity index is 2.38. The molecule has 1 aliphatic heterocycles. The van der Waals surface area contributed by atoms with Crippen molar-refractivity contribution in [2.24, 2.45) is 0 Å². The van der Waals surface area contributed by atoms with Crippen molar-refractivity contribution in [3.63, 3.8) is 0 Å². The van der Waals surface area contributed by atoms with Crippen molar-refractivity contribution in [2.75, 3.05) is 39.2 Å². The van der Waals surface area contributed by atoms with Crippen LogP contribution in [0.3, 0.4) is 0 Å². The van der Waals surface area contributed by atoms with E-state index in [2.05, 4.69) is 10.1 Å². The van der Waals surface area contributed by atoms with Crippen LogP contribution in [0.15, 0.2) is 29.5 Å². The number of rotatable bonds is 7. The first-order valence-electron chi connectivity index (χ1n) is 7.32. The molecule has 0 spiro atoms. The maximum Gasteiger partial charge on any atom is 0.339 e. The highest BCUT2D eigenvalue weighted by Gasteiger charge is 2.34. The smallest absolute Gasteiger partial charge is 0.339 e. The van der Waals surface area contributed by atoms with Gasteiger partial charge in [-0.3, -0.25) is 4.79 Å². The third kappa shape index (κ3) is 3.72. The molecule has 1 aromatic carbocycles. The highest BCUT2D eigenvalue weighted by Crippen LogP contribution is 2.26. The summed E-state index contributed by atoms with van der Waals surface area (Å²) in [4.78, 5) is 36.9. The Bertz CT molecular complexity index is 742. The number of β-amino-alcohol motifs (C(OH)–C–C–N with tert-alkyl or cyclic N) is 1. The number of hydrogen-bond acceptors (Lipinski definition) is 7. The summed E-state index contributed by atoms with van der Waals surface area (Å²) in [6.07, 6.45) is 0. The zero-order valence-corrected chi connectivity index (χ0v) is 13.7. The molecule has 0 saturated carbocycles. The number of nitrogens with zero attached hydrogens (tertiary/aromatic N) is 1. The fraction of sp³-hybridized carbons (Fsp3) is 0.312. The third-order valence-corrected chi connectivity index (χ3v) is 3.65. The lowest BCUT2D eigenvalue weighted by molar-refractivity contribution is -0.136. The summed E-state index contributed by atoms with van der Waals surface area (Å²) in [6, 6.07) is 4.26. The zero-order valence-electron chi connectivity index (χ0n) is 13.7. The lowest BCUT2D eigenvalue weighted by Gasteiger charge is -2.15. The number of nitrogens with one attached hydrogen (secondary N) is 1. The molecule has 0 atom stereocenters. The highest BCUT2D eigenvalue weighted by molar-refractivity contribution is 6.08. The molecule has 0 aromatic heterocycles. The molecule has 0 fully saturated rings. The summed E-state index contributed by atoms with van der Waals surface area (Å²) in [7, 11) is 2.54. The van der Waals surface area contributed by atoms with E-state index in [0.717, 1.165) is 0 Å². The van der Waals surface area contributed by atoms with Crippen LogP contribution in [-0.4, -0.2) is 66.9 Å². The number of aliphatic hydroxyl groups is 1. The predicted octanol–water partition coefficient (Wildman–Crippen LogP) is 0.0669. The van der Waals surface area contributed by atoms with Crippen LogP contribution in [0, 0.1) is 0 Å². The first-order chi connectivity index (χ1) is 11.9. The summed E-state index contributed by atoms with van der Waals surface area (Å²) in [6.45, 7) is -0.191. The first-order valence-corrected chi connectivity index (χ1v) is 7.32. The van der Waals surface area contributed by atoms with Gasteiger partial charge in [-0.1, -0.05) is 0 Å². The number of carbonyl (C=O) groups is 3. The number of aliphatic hydroxyl groups excluding tert-OH is 1. The van der Waals surface area contributed by atoms with Crippen LogP contribution in [0.1, 0.15) is 10.4 Å². The minimum Gasteiger partial charge on any atom is -0.496 e. The Kier molecular flexibility index (Phi) is 5.60. The van der Waals surface area contributed by atoms with Gasteiger partial charge in [0.05, 0.1) is 32.9 Å². The van der Waals surface area contributed by atoms with Crippen molar-refractivity contribution < 1.29 is 34.1 Å². The van der Waals surface area contributed by atoms with Gasteiger partial charge in [-0.15, -0.1) is 0 Å². The van der Waals surface area contributed by atoms with E-state index in [1.54, 1.807) is 0 Å². The van der Waals surface area contributed by atoms with E-state index in [0.29, 0.717) is 5.69 Å². The van der Waals surface area contributed by atoms with Crippen LogP contribution >= 0.6 is 0 Å². The standard InChI is InChI=1S/C16H18N2O7/c1-24-12-4-3-9(7-10(12)15(21)22)17-13-11(16(23)25-2)8-18(5-6-19)14(13)20/h3-4,7,17,19H,5-6,8H2,1-2H3,(H,21,22). The number of aromatic carboxylic acids is 1. The number of ether oxygens (including phenoxy) is 2. The second kappa shape index (κ2) is 7.67. The average Bonchev–Trinajstić information content (AvgIpc) is 2.91. The molecule has 0 saturated heterocycles. The number of esters is 1. The van der Waals surface area contributed by atoms with E-state index >= 15 is 0 Å². The van der Waals surface area contributed by atoms with Gasteiger partial charge in [0.1, 0.15) is 17.0 Å². The molecule has 0 unspecified atom stereocenters. The lowest BCUT2D eigenvalue weighted by atomic mass is 10.1. The monoisotopic (exact) mass is 350 g/mol. The van der Waals surface area contributed by atoms with Crippen molar-refractivity contribution in [2.45, 2.75) is 0 Å². The summed E-state index contributed by atoms with van der Waals surface area (Å²) >= 11 is 0. The van der Waals surface area contributed by atoms with Gasteiger partial charge in [0, 0.05) is 12.2 Å². The van der Waals surface area contributed by atoms with Crippen LogP contribution in [0.2, 0.25) is 0 Å². The molecule has 0 radical (unpaired) electrons. The second-order valence-electron chi connectivity index (χ2n) is 5.14. The number of benzene rings is 1. The Morgan fingerprint density at radius 2 is 2.04 bits per heavy atom. The Morgan fingerprint density at radius 1 is 1.32 bits per heavy atom. The van der Waals surface area contributed by atoms with Gasteiger partial charge in [-0.25, -0.2) is 9.59 Å². The quantitative estimate of drug-likeness (QED) is 0.590. The van der Waals surface area contributed by atoms with Crippen LogP contribution in [0.4, 0.5) is 5.69 Å². The summed E-state index contributed by atoms with van der Waals surface area (Å²) in [5.74, 6) is -2.19. The molecule has 9 heteroatoms. The van der Waals surface area contributed by atoms with Crippen LogP contribution in [-0.2, 0) is 14.3 Å². The first kappa shape index (κ1) is 18.3. The summed E-state index contributed by atoms with van der Waals surface area (Å²) in [5, 5.41) is 21.0. The number of carboxylic acids is 1. The van der Waals surface area contributed by atoms with E-state index in [4.69, 9.17) is 9.84 Å². The number of anilines is 1. The molecule has 1 aliphatic rings. The molecule has 3 N–H and O–H groups in total. The molecule has 134 valence electrons. The maximum atomic E-state index is 12.4. The molecule has 9 nitrogen and oxygen atoms in total. The molecule has 25 heavy (non-hydrogen) atoms. The van der Waals surface area contributed by atoms with Crippen molar-refractivity contribution >= 4 is 23.5 Å². The fourth-order valence-electron chi connectivity index (χ4n) is 2.45. The van der Waals surface area contributed by atoms with Gasteiger partial charge in [-0.2, -0.15) is 0 Å². The number of amides is 1. The minimum atomic E-state index is -1.19. The Morgan fingerprint density at radius 3 is 2.60 bits per heavy atom. The van der Waals surface area contributed by atoms with Gasteiger partial charge in [-0.05, 0) is 18.2 Å². The van der Waals surface area contributed by atoms with Gasteiger partial charge in [0.25, 0.3) is 5.91 Å². The van der Waals surface area contributed by atoms with Gasteiger partial charge >= 0.3 is 11.9 Å². The number of carboxylic acid groups (broad SMARTS) is 1. The average molecular weight is 350 g/mol. The van der Waals surface area contributed by atoms with E-state index in [1.807, 2.05) is 0 Å². The highest BCUT2D eigenvalue weighted by atomic mass is 16.5. The molecule has 1 heterocycles.